The van der Waals surface area contributed by atoms with Crippen LogP contribution in [-0.4, -0.2) is 82.6 Å². The Morgan fingerprint density at radius 3 is 2.38 bits per heavy atom. The molecule has 2 aromatic rings. The van der Waals surface area contributed by atoms with Crippen molar-refractivity contribution in [3.05, 3.63) is 24.3 Å². The number of hydrogen-bond donors (Lipinski definition) is 2. The van der Waals surface area contributed by atoms with Crippen LogP contribution < -0.4 is 4.72 Å². The number of aromatic nitrogens is 4. The van der Waals surface area contributed by atoms with Gasteiger partial charge in [-0.3, -0.25) is 14.4 Å². The topological polar surface area (TPSA) is 174 Å². The van der Waals surface area contributed by atoms with E-state index in [9.17, 15) is 22.8 Å². The minimum Gasteiger partial charge on any atom is -0.466 e. The number of tetrazole rings is 1. The van der Waals surface area contributed by atoms with Crippen molar-refractivity contribution in [2.45, 2.75) is 76.0 Å². The van der Waals surface area contributed by atoms with Gasteiger partial charge in [0, 0.05) is 18.2 Å². The van der Waals surface area contributed by atoms with E-state index in [1.54, 1.807) is 27.7 Å². The fourth-order valence-electron chi connectivity index (χ4n) is 3.56. The van der Waals surface area contributed by atoms with Gasteiger partial charge in [0.2, 0.25) is 15.9 Å². The summed E-state index contributed by atoms with van der Waals surface area (Å²) >= 11 is 0. The SMILES string of the molecule is CCOC(=O)CCN(C(=O)[C@H](CC(=O)OC(C)(C)C)NS(=O)(=O)c1ccc(-c2nnn[nH]2)cc1)C1CC1. The second-order valence-electron chi connectivity index (χ2n) is 9.56. The van der Waals surface area contributed by atoms with Gasteiger partial charge in [-0.1, -0.05) is 0 Å². The molecule has 0 saturated heterocycles. The molecular weight excluding hydrogens is 504 g/mol. The number of sulfonamides is 1. The van der Waals surface area contributed by atoms with E-state index in [0.29, 0.717) is 11.4 Å². The molecule has 1 amide bonds. The first-order valence-corrected chi connectivity index (χ1v) is 13.4. The first-order valence-electron chi connectivity index (χ1n) is 11.9. The Labute approximate surface area is 215 Å². The lowest BCUT2D eigenvalue weighted by Gasteiger charge is -2.28. The molecular formula is C23H32N6O7S. The van der Waals surface area contributed by atoms with E-state index in [1.807, 2.05) is 0 Å². The lowest BCUT2D eigenvalue weighted by atomic mass is 10.1. The van der Waals surface area contributed by atoms with Gasteiger partial charge in [-0.05, 0) is 75.2 Å². The van der Waals surface area contributed by atoms with Gasteiger partial charge in [0.1, 0.15) is 11.6 Å². The fourth-order valence-corrected chi connectivity index (χ4v) is 4.75. The summed E-state index contributed by atoms with van der Waals surface area (Å²) in [5, 5.41) is 13.3. The number of carbonyl (C=O) groups excluding carboxylic acids is 3. The maximum atomic E-state index is 13.5. The van der Waals surface area contributed by atoms with Crippen LogP contribution in [0.15, 0.2) is 29.2 Å². The molecule has 1 aliphatic carbocycles. The standard InChI is InChI=1S/C23H32N6O7S/c1-5-35-19(30)12-13-29(16-8-9-16)22(32)18(14-20(31)36-23(2,3)4)26-37(33,34)17-10-6-15(7-11-17)21-24-27-28-25-21/h6-7,10-11,16,18,26H,5,8-9,12-14H2,1-4H3,(H,24,25,27,28)/t18-/m0/s1. The van der Waals surface area contributed by atoms with E-state index in [2.05, 4.69) is 25.3 Å². The Morgan fingerprint density at radius 1 is 1.16 bits per heavy atom. The largest absolute Gasteiger partial charge is 0.466 e. The van der Waals surface area contributed by atoms with Crippen LogP contribution in [0.25, 0.3) is 11.4 Å². The quantitative estimate of drug-likeness (QED) is 0.375. The molecule has 0 bridgehead atoms. The molecule has 37 heavy (non-hydrogen) atoms. The molecule has 1 heterocycles. The second-order valence-corrected chi connectivity index (χ2v) is 11.3. The maximum Gasteiger partial charge on any atom is 0.308 e. The molecule has 0 unspecified atom stereocenters. The van der Waals surface area contributed by atoms with E-state index < -0.39 is 45.9 Å². The number of amides is 1. The molecule has 2 N–H and O–H groups in total. The Morgan fingerprint density at radius 2 is 1.84 bits per heavy atom. The second kappa shape index (κ2) is 11.8. The lowest BCUT2D eigenvalue weighted by Crippen LogP contribution is -2.51. The van der Waals surface area contributed by atoms with Crippen LogP contribution in [-0.2, 0) is 33.9 Å². The molecule has 0 radical (unpaired) electrons. The van der Waals surface area contributed by atoms with Gasteiger partial charge in [0.25, 0.3) is 0 Å². The summed E-state index contributed by atoms with van der Waals surface area (Å²) in [6.07, 6.45) is 0.885. The average molecular weight is 537 g/mol. The average Bonchev–Trinajstić information content (AvgIpc) is 3.49. The predicted octanol–water partition coefficient (Wildman–Crippen LogP) is 1.19. The number of carbonyl (C=O) groups is 3. The summed E-state index contributed by atoms with van der Waals surface area (Å²) in [7, 11) is -4.22. The smallest absolute Gasteiger partial charge is 0.308 e. The van der Waals surface area contributed by atoms with Gasteiger partial charge in [0.15, 0.2) is 5.82 Å². The van der Waals surface area contributed by atoms with Gasteiger partial charge in [-0.2, -0.15) is 4.72 Å². The Balaban J connectivity index is 1.82. The van der Waals surface area contributed by atoms with Crippen molar-refractivity contribution < 1.29 is 32.3 Å². The number of benzene rings is 1. The van der Waals surface area contributed by atoms with E-state index in [0.717, 1.165) is 12.8 Å². The van der Waals surface area contributed by atoms with E-state index in [4.69, 9.17) is 9.47 Å². The molecule has 1 fully saturated rings. The van der Waals surface area contributed by atoms with Crippen molar-refractivity contribution in [3.63, 3.8) is 0 Å². The van der Waals surface area contributed by atoms with E-state index in [-0.39, 0.29) is 30.5 Å². The van der Waals surface area contributed by atoms with Crippen molar-refractivity contribution in [2.24, 2.45) is 0 Å². The Bertz CT molecular complexity index is 1190. The summed E-state index contributed by atoms with van der Waals surface area (Å²) < 4.78 is 39.1. The summed E-state index contributed by atoms with van der Waals surface area (Å²) in [5.41, 5.74) is -0.265. The van der Waals surface area contributed by atoms with Crippen molar-refractivity contribution >= 4 is 27.9 Å². The number of ether oxygens (including phenoxy) is 2. The van der Waals surface area contributed by atoms with Crippen molar-refractivity contribution in [1.29, 1.82) is 0 Å². The van der Waals surface area contributed by atoms with Crippen molar-refractivity contribution in [1.82, 2.24) is 30.2 Å². The van der Waals surface area contributed by atoms with Gasteiger partial charge >= 0.3 is 11.9 Å². The van der Waals surface area contributed by atoms with Crippen molar-refractivity contribution in [3.8, 4) is 11.4 Å². The molecule has 3 rings (SSSR count). The third kappa shape index (κ3) is 8.32. The fraction of sp³-hybridized carbons (Fsp3) is 0.565. The molecule has 0 spiro atoms. The van der Waals surface area contributed by atoms with Crippen LogP contribution in [0.3, 0.4) is 0 Å². The number of nitrogens with zero attached hydrogens (tertiary/aromatic N) is 4. The zero-order chi connectivity index (χ0) is 27.2. The molecule has 202 valence electrons. The molecule has 1 aromatic carbocycles. The first kappa shape index (κ1) is 28.2. The van der Waals surface area contributed by atoms with Gasteiger partial charge < -0.3 is 14.4 Å². The third-order valence-corrected chi connectivity index (χ3v) is 6.79. The Kier molecular flexibility index (Phi) is 8.97. The maximum absolute atomic E-state index is 13.5. The lowest BCUT2D eigenvalue weighted by molar-refractivity contribution is -0.157. The highest BCUT2D eigenvalue weighted by Crippen LogP contribution is 2.28. The molecule has 14 heteroatoms. The highest BCUT2D eigenvalue weighted by molar-refractivity contribution is 7.89. The minimum atomic E-state index is -4.22. The molecule has 0 aliphatic heterocycles. The normalized spacial score (nSPS) is 14.6. The van der Waals surface area contributed by atoms with Gasteiger partial charge in [-0.25, -0.2) is 13.5 Å². The number of nitrogens with one attached hydrogen (secondary N) is 2. The highest BCUT2D eigenvalue weighted by Gasteiger charge is 2.39. The predicted molar refractivity (Wildman–Crippen MR) is 130 cm³/mol. The van der Waals surface area contributed by atoms with E-state index in [1.165, 1.54) is 29.2 Å². The van der Waals surface area contributed by atoms with Crippen LogP contribution in [0, 0.1) is 0 Å². The van der Waals surface area contributed by atoms with Crippen molar-refractivity contribution in [2.75, 3.05) is 13.2 Å². The molecule has 1 saturated carbocycles. The molecule has 1 aliphatic rings. The number of H-pyrrole nitrogens is 1. The highest BCUT2D eigenvalue weighted by atomic mass is 32.2. The van der Waals surface area contributed by atoms with Crippen LogP contribution in [0.1, 0.15) is 53.4 Å². The number of aromatic amines is 1. The monoisotopic (exact) mass is 536 g/mol. The molecule has 1 atom stereocenters. The van der Waals surface area contributed by atoms with Crippen LogP contribution in [0.2, 0.25) is 0 Å². The van der Waals surface area contributed by atoms with Crippen LogP contribution in [0.5, 0.6) is 0 Å². The number of esters is 2. The van der Waals surface area contributed by atoms with E-state index >= 15 is 0 Å². The summed E-state index contributed by atoms with van der Waals surface area (Å²) in [5.74, 6) is -1.45. The molecule has 1 aromatic heterocycles. The zero-order valence-corrected chi connectivity index (χ0v) is 22.1. The summed E-state index contributed by atoms with van der Waals surface area (Å²) in [6.45, 7) is 6.97. The van der Waals surface area contributed by atoms with Gasteiger partial charge in [0.05, 0.1) is 24.3 Å². The zero-order valence-electron chi connectivity index (χ0n) is 21.3. The molecule has 13 nitrogen and oxygen atoms in total. The van der Waals surface area contributed by atoms with Gasteiger partial charge in [-0.15, -0.1) is 5.10 Å². The summed E-state index contributed by atoms with van der Waals surface area (Å²) in [6, 6.07) is 4.14. The first-order chi connectivity index (χ1) is 17.4. The third-order valence-electron chi connectivity index (χ3n) is 5.30. The van der Waals surface area contributed by atoms with Crippen LogP contribution >= 0.6 is 0 Å². The minimum absolute atomic E-state index is 0.0417. The van der Waals surface area contributed by atoms with Crippen LogP contribution in [0.4, 0.5) is 0 Å². The Hall–Kier alpha value is -3.39. The summed E-state index contributed by atoms with van der Waals surface area (Å²) in [4.78, 5) is 39.3. The number of rotatable bonds is 12. The number of hydrogen-bond acceptors (Lipinski definition) is 10.